The fraction of sp³-hybridized carbons (Fsp3) is 0.174. The second-order valence-corrected chi connectivity index (χ2v) is 9.22. The normalized spacial score (nSPS) is 11.4. The van der Waals surface area contributed by atoms with Crippen LogP contribution in [0.5, 0.6) is 5.75 Å². The Balaban J connectivity index is 1.79. The first kappa shape index (κ1) is 22.4. The Hall–Kier alpha value is -3.26. The van der Waals surface area contributed by atoms with Gasteiger partial charge < -0.3 is 10.1 Å². The van der Waals surface area contributed by atoms with Crippen molar-refractivity contribution >= 4 is 21.4 Å². The summed E-state index contributed by atoms with van der Waals surface area (Å²) < 4.78 is 52.9. The molecule has 3 rings (SSSR count). The van der Waals surface area contributed by atoms with Crippen LogP contribution in [0, 0.1) is 0 Å². The smallest absolute Gasteiger partial charge is 0.387 e. The van der Waals surface area contributed by atoms with Gasteiger partial charge in [-0.1, -0.05) is 42.5 Å². The summed E-state index contributed by atoms with van der Waals surface area (Å²) in [5, 5.41) is 2.73. The number of carbonyl (C=O) groups excluding carboxylic acids is 1. The van der Waals surface area contributed by atoms with E-state index in [9.17, 15) is 22.0 Å². The molecule has 0 spiro atoms. The van der Waals surface area contributed by atoms with Gasteiger partial charge in [-0.25, -0.2) is 8.42 Å². The van der Waals surface area contributed by atoms with E-state index < -0.39 is 22.4 Å². The van der Waals surface area contributed by atoms with Gasteiger partial charge in [0.05, 0.1) is 5.75 Å². The Morgan fingerprint density at radius 2 is 1.65 bits per heavy atom. The second-order valence-electron chi connectivity index (χ2n) is 7.08. The number of rotatable bonds is 8. The van der Waals surface area contributed by atoms with Gasteiger partial charge >= 0.3 is 6.61 Å². The van der Waals surface area contributed by atoms with Crippen LogP contribution in [0.4, 0.5) is 14.5 Å². The third-order valence-electron chi connectivity index (χ3n) is 4.42. The highest BCUT2D eigenvalue weighted by atomic mass is 32.2. The van der Waals surface area contributed by atoms with E-state index in [-0.39, 0.29) is 11.5 Å². The summed E-state index contributed by atoms with van der Waals surface area (Å²) >= 11 is 0. The largest absolute Gasteiger partial charge is 0.435 e. The van der Waals surface area contributed by atoms with Crippen molar-refractivity contribution in [3.05, 3.63) is 95.1 Å². The van der Waals surface area contributed by atoms with Crippen molar-refractivity contribution in [1.29, 1.82) is 0 Å². The molecule has 8 heteroatoms. The van der Waals surface area contributed by atoms with Crippen LogP contribution in [0.2, 0.25) is 0 Å². The average molecular weight is 445 g/mol. The fourth-order valence-electron chi connectivity index (χ4n) is 3.08. The quantitative estimate of drug-likeness (QED) is 0.547. The first-order valence-electron chi connectivity index (χ1n) is 9.39. The lowest BCUT2D eigenvalue weighted by Gasteiger charge is -2.14. The molecular formula is C23H21F2NO4S. The minimum Gasteiger partial charge on any atom is -0.435 e. The first-order chi connectivity index (χ1) is 14.7. The van der Waals surface area contributed by atoms with Gasteiger partial charge in [0.1, 0.15) is 5.75 Å². The van der Waals surface area contributed by atoms with Gasteiger partial charge in [0.2, 0.25) is 0 Å². The Morgan fingerprint density at radius 1 is 0.968 bits per heavy atom. The maximum Gasteiger partial charge on any atom is 0.387 e. The van der Waals surface area contributed by atoms with Crippen molar-refractivity contribution in [3.8, 4) is 5.75 Å². The van der Waals surface area contributed by atoms with Gasteiger partial charge in [-0.3, -0.25) is 4.79 Å². The summed E-state index contributed by atoms with van der Waals surface area (Å²) in [6.45, 7) is -2.96. The summed E-state index contributed by atoms with van der Waals surface area (Å²) in [7, 11) is -3.17. The van der Waals surface area contributed by atoms with Crippen molar-refractivity contribution in [3.63, 3.8) is 0 Å². The van der Waals surface area contributed by atoms with Crippen molar-refractivity contribution < 1.29 is 26.7 Å². The van der Waals surface area contributed by atoms with E-state index in [4.69, 9.17) is 0 Å². The molecular weight excluding hydrogens is 424 g/mol. The molecule has 0 aliphatic heterocycles. The van der Waals surface area contributed by atoms with E-state index in [0.717, 1.165) is 11.8 Å². The zero-order valence-corrected chi connectivity index (χ0v) is 17.5. The summed E-state index contributed by atoms with van der Waals surface area (Å²) in [6.07, 6.45) is 1.49. The zero-order valence-electron chi connectivity index (χ0n) is 16.7. The lowest BCUT2D eigenvalue weighted by molar-refractivity contribution is -0.0503. The maximum atomic E-state index is 12.8. The Morgan fingerprint density at radius 3 is 2.26 bits per heavy atom. The molecule has 0 radical (unpaired) electrons. The number of anilines is 1. The lowest BCUT2D eigenvalue weighted by atomic mass is 10.0. The van der Waals surface area contributed by atoms with Crippen LogP contribution in [0.15, 0.2) is 72.8 Å². The average Bonchev–Trinajstić information content (AvgIpc) is 2.70. The molecule has 162 valence electrons. The predicted molar refractivity (Wildman–Crippen MR) is 115 cm³/mol. The predicted octanol–water partition coefficient (Wildman–Crippen LogP) is 4.68. The Labute approximate surface area is 179 Å². The Kier molecular flexibility index (Phi) is 7.02. The topological polar surface area (TPSA) is 72.5 Å². The molecule has 0 saturated carbocycles. The fourth-order valence-corrected chi connectivity index (χ4v) is 3.88. The SMILES string of the molecule is CS(=O)(=O)Cc1ccc(C(=O)Nc2ccc(OC(F)F)c(Cc3ccccc3)c2)cc1. The third-order valence-corrected chi connectivity index (χ3v) is 5.27. The molecule has 1 amide bonds. The summed E-state index contributed by atoms with van der Waals surface area (Å²) in [5.74, 6) is -0.468. The molecule has 0 saturated heterocycles. The van der Waals surface area contributed by atoms with Crippen LogP contribution in [-0.4, -0.2) is 27.2 Å². The molecule has 0 aromatic heterocycles. The third kappa shape index (κ3) is 6.89. The van der Waals surface area contributed by atoms with Crippen LogP contribution < -0.4 is 10.1 Å². The highest BCUT2D eigenvalue weighted by molar-refractivity contribution is 7.89. The second kappa shape index (κ2) is 9.70. The molecule has 3 aromatic rings. The highest BCUT2D eigenvalue weighted by Gasteiger charge is 2.13. The van der Waals surface area contributed by atoms with E-state index in [1.54, 1.807) is 18.2 Å². The van der Waals surface area contributed by atoms with Gasteiger partial charge in [-0.05, 0) is 41.5 Å². The van der Waals surface area contributed by atoms with Crippen LogP contribution in [0.1, 0.15) is 27.0 Å². The number of alkyl halides is 2. The van der Waals surface area contributed by atoms with Gasteiger partial charge in [0.25, 0.3) is 5.91 Å². The molecule has 3 aromatic carbocycles. The summed E-state index contributed by atoms with van der Waals surface area (Å²) in [5.41, 5.74) is 2.77. The van der Waals surface area contributed by atoms with E-state index in [2.05, 4.69) is 10.1 Å². The number of amides is 1. The monoisotopic (exact) mass is 445 g/mol. The van der Waals surface area contributed by atoms with Crippen molar-refractivity contribution in [2.75, 3.05) is 11.6 Å². The number of benzene rings is 3. The zero-order chi connectivity index (χ0) is 22.4. The van der Waals surface area contributed by atoms with Crippen LogP contribution in [-0.2, 0) is 22.0 Å². The number of halogens is 2. The van der Waals surface area contributed by atoms with Crippen LogP contribution in [0.25, 0.3) is 0 Å². The van der Waals surface area contributed by atoms with Crippen molar-refractivity contribution in [2.45, 2.75) is 18.8 Å². The number of nitrogens with one attached hydrogen (secondary N) is 1. The standard InChI is InChI=1S/C23H21F2NO4S/c1-31(28,29)15-17-7-9-18(10-8-17)22(27)26-20-11-12-21(30-23(24)25)19(14-20)13-16-5-3-2-4-6-16/h2-12,14,23H,13,15H2,1H3,(H,26,27). The number of ether oxygens (including phenoxy) is 1. The number of carbonyl (C=O) groups is 1. The van der Waals surface area contributed by atoms with Gasteiger partial charge in [0, 0.05) is 29.5 Å². The molecule has 0 heterocycles. The summed E-state index contributed by atoms with van der Waals surface area (Å²) in [4.78, 5) is 12.6. The van der Waals surface area contributed by atoms with Crippen molar-refractivity contribution in [2.24, 2.45) is 0 Å². The van der Waals surface area contributed by atoms with E-state index >= 15 is 0 Å². The molecule has 0 bridgehead atoms. The Bertz CT molecular complexity index is 1150. The first-order valence-corrected chi connectivity index (χ1v) is 11.5. The van der Waals surface area contributed by atoms with Gasteiger partial charge in [-0.15, -0.1) is 0 Å². The molecule has 0 atom stereocenters. The molecule has 0 aliphatic carbocycles. The molecule has 0 unspecified atom stereocenters. The lowest BCUT2D eigenvalue weighted by Crippen LogP contribution is -2.13. The molecule has 0 aliphatic rings. The summed E-state index contributed by atoms with van der Waals surface area (Å²) in [6, 6.07) is 20.0. The minimum absolute atomic E-state index is 0.0435. The minimum atomic E-state index is -3.17. The number of sulfone groups is 1. The molecule has 5 nitrogen and oxygen atoms in total. The molecule has 31 heavy (non-hydrogen) atoms. The van der Waals surface area contributed by atoms with Crippen molar-refractivity contribution in [1.82, 2.24) is 0 Å². The van der Waals surface area contributed by atoms with Crippen LogP contribution in [0.3, 0.4) is 0 Å². The number of hydrogen-bond donors (Lipinski definition) is 1. The van der Waals surface area contributed by atoms with E-state index in [1.807, 2.05) is 30.3 Å². The van der Waals surface area contributed by atoms with Gasteiger partial charge in [0.15, 0.2) is 9.84 Å². The highest BCUT2D eigenvalue weighted by Crippen LogP contribution is 2.27. The molecule has 1 N–H and O–H groups in total. The molecule has 0 fully saturated rings. The van der Waals surface area contributed by atoms with Gasteiger partial charge in [-0.2, -0.15) is 8.78 Å². The maximum absolute atomic E-state index is 12.8. The van der Waals surface area contributed by atoms with E-state index in [1.165, 1.54) is 24.3 Å². The number of hydrogen-bond acceptors (Lipinski definition) is 4. The van der Waals surface area contributed by atoms with Crippen LogP contribution >= 0.6 is 0 Å². The van der Waals surface area contributed by atoms with E-state index in [0.29, 0.717) is 28.8 Å².